The van der Waals surface area contributed by atoms with Crippen molar-refractivity contribution in [1.29, 1.82) is 0 Å². The number of para-hydroxylation sites is 1. The van der Waals surface area contributed by atoms with Crippen molar-refractivity contribution in [2.24, 2.45) is 4.99 Å². The Labute approximate surface area is 124 Å². The minimum absolute atomic E-state index is 0.786. The van der Waals surface area contributed by atoms with Crippen LogP contribution in [-0.2, 0) is 0 Å². The van der Waals surface area contributed by atoms with Gasteiger partial charge in [-0.25, -0.2) is 4.99 Å². The van der Waals surface area contributed by atoms with Gasteiger partial charge in [-0.15, -0.1) is 0 Å². The second-order valence-electron chi connectivity index (χ2n) is 5.53. The molecule has 3 nitrogen and oxygen atoms in total. The lowest BCUT2D eigenvalue weighted by Crippen LogP contribution is -2.25. The minimum atomic E-state index is 0.786. The maximum Gasteiger partial charge on any atom is 0.169 e. The molecule has 2 aromatic carbocycles. The van der Waals surface area contributed by atoms with Crippen molar-refractivity contribution in [2.75, 3.05) is 11.4 Å². The van der Waals surface area contributed by atoms with Gasteiger partial charge in [0.25, 0.3) is 0 Å². The first kappa shape index (κ1) is 12.2. The van der Waals surface area contributed by atoms with E-state index in [1.807, 2.05) is 0 Å². The molecule has 0 radical (unpaired) electrons. The lowest BCUT2D eigenvalue weighted by molar-refractivity contribution is 0.460. The molecule has 3 heteroatoms. The van der Waals surface area contributed by atoms with Gasteiger partial charge in [0.2, 0.25) is 0 Å². The van der Waals surface area contributed by atoms with Crippen molar-refractivity contribution in [2.45, 2.75) is 13.8 Å². The van der Waals surface area contributed by atoms with E-state index in [0.29, 0.717) is 0 Å². The van der Waals surface area contributed by atoms with Crippen LogP contribution in [0, 0.1) is 13.8 Å². The quantitative estimate of drug-likeness (QED) is 0.791. The number of nitrogens with zero attached hydrogens (tertiary/aromatic N) is 2. The van der Waals surface area contributed by atoms with E-state index in [1.54, 1.807) is 6.26 Å². The number of benzene rings is 2. The molecule has 4 rings (SSSR count). The summed E-state index contributed by atoms with van der Waals surface area (Å²) >= 11 is 0. The number of hydrogen-bond donors (Lipinski definition) is 0. The Morgan fingerprint density at radius 2 is 1.86 bits per heavy atom. The zero-order valence-corrected chi connectivity index (χ0v) is 12.1. The van der Waals surface area contributed by atoms with Crippen LogP contribution in [-0.4, -0.2) is 12.3 Å². The highest BCUT2D eigenvalue weighted by molar-refractivity contribution is 6.07. The van der Waals surface area contributed by atoms with Gasteiger partial charge in [0.15, 0.2) is 11.6 Å². The van der Waals surface area contributed by atoms with E-state index in [0.717, 1.165) is 35.1 Å². The first-order chi connectivity index (χ1) is 10.2. The molecule has 0 unspecified atom stereocenters. The van der Waals surface area contributed by atoms with Crippen LogP contribution in [0.25, 0.3) is 0 Å². The topological polar surface area (TPSA) is 24.8 Å². The monoisotopic (exact) mass is 276 g/mol. The zero-order valence-electron chi connectivity index (χ0n) is 12.1. The fourth-order valence-electron chi connectivity index (χ4n) is 2.78. The normalized spacial score (nSPS) is 15.8. The van der Waals surface area contributed by atoms with Crippen molar-refractivity contribution in [3.8, 4) is 5.75 Å². The van der Waals surface area contributed by atoms with Crippen LogP contribution in [0.1, 0.15) is 16.7 Å². The Morgan fingerprint density at radius 1 is 1.05 bits per heavy atom. The second kappa shape index (κ2) is 4.48. The average molecular weight is 276 g/mol. The van der Waals surface area contributed by atoms with Crippen LogP contribution in [0.15, 0.2) is 59.5 Å². The Hall–Kier alpha value is -2.55. The largest absolute Gasteiger partial charge is 0.459 e. The van der Waals surface area contributed by atoms with E-state index in [1.165, 1.54) is 11.1 Å². The summed E-state index contributed by atoms with van der Waals surface area (Å²) in [5.74, 6) is 1.81. The average Bonchev–Trinajstić information content (AvgIpc) is 2.93. The summed E-state index contributed by atoms with van der Waals surface area (Å²) in [6.45, 7) is 4.95. The number of aryl methyl sites for hydroxylation is 2. The molecular weight excluding hydrogens is 260 g/mol. The third-order valence-corrected chi connectivity index (χ3v) is 3.98. The Balaban J connectivity index is 1.72. The molecule has 0 spiro atoms. The van der Waals surface area contributed by atoms with Crippen LogP contribution < -0.4 is 9.64 Å². The number of fused-ring (bicyclic) bond motifs is 3. The highest BCUT2D eigenvalue weighted by atomic mass is 16.5. The molecule has 0 bridgehead atoms. The van der Waals surface area contributed by atoms with Gasteiger partial charge in [-0.05, 0) is 31.0 Å². The third kappa shape index (κ3) is 1.93. The lowest BCUT2D eigenvalue weighted by atomic mass is 10.1. The SMILES string of the molecule is Cc1ccc(C2=NC3=COc4c(C)cccc4N3C2)cc1. The molecule has 104 valence electrons. The summed E-state index contributed by atoms with van der Waals surface area (Å²) in [6.07, 6.45) is 1.75. The maximum absolute atomic E-state index is 5.76. The number of rotatable bonds is 1. The Bertz CT molecular complexity index is 772. The first-order valence-corrected chi connectivity index (χ1v) is 7.11. The molecule has 21 heavy (non-hydrogen) atoms. The van der Waals surface area contributed by atoms with Crippen LogP contribution in [0.3, 0.4) is 0 Å². The summed E-state index contributed by atoms with van der Waals surface area (Å²) in [7, 11) is 0. The van der Waals surface area contributed by atoms with E-state index in [2.05, 4.69) is 61.2 Å². The van der Waals surface area contributed by atoms with Gasteiger partial charge in [-0.3, -0.25) is 0 Å². The van der Waals surface area contributed by atoms with Gasteiger partial charge in [-0.1, -0.05) is 42.0 Å². The molecule has 0 N–H and O–H groups in total. The predicted molar refractivity (Wildman–Crippen MR) is 85.0 cm³/mol. The molecule has 0 saturated heterocycles. The van der Waals surface area contributed by atoms with Crippen LogP contribution in [0.2, 0.25) is 0 Å². The van der Waals surface area contributed by atoms with Crippen molar-refractivity contribution in [1.82, 2.24) is 0 Å². The van der Waals surface area contributed by atoms with Crippen LogP contribution >= 0.6 is 0 Å². The van der Waals surface area contributed by atoms with Crippen molar-refractivity contribution < 1.29 is 4.74 Å². The number of ether oxygens (including phenoxy) is 1. The zero-order chi connectivity index (χ0) is 14.4. The molecule has 2 heterocycles. The van der Waals surface area contributed by atoms with Gasteiger partial charge in [-0.2, -0.15) is 0 Å². The standard InChI is InChI=1S/C18H16N2O/c1-12-6-8-14(9-7-12)15-10-20-16-5-3-4-13(2)18(16)21-11-17(20)19-15/h3-9,11H,10H2,1-2H3. The summed E-state index contributed by atoms with van der Waals surface area (Å²) in [5.41, 5.74) is 5.76. The van der Waals surface area contributed by atoms with E-state index in [9.17, 15) is 0 Å². The van der Waals surface area contributed by atoms with Crippen LogP contribution in [0.4, 0.5) is 5.69 Å². The molecular formula is C18H16N2O. The molecule has 0 saturated carbocycles. The van der Waals surface area contributed by atoms with Gasteiger partial charge in [0, 0.05) is 0 Å². The third-order valence-electron chi connectivity index (χ3n) is 3.98. The summed E-state index contributed by atoms with van der Waals surface area (Å²) < 4.78 is 5.76. The summed E-state index contributed by atoms with van der Waals surface area (Å²) in [4.78, 5) is 6.93. The first-order valence-electron chi connectivity index (χ1n) is 7.11. The fraction of sp³-hybridized carbons (Fsp3) is 0.167. The Morgan fingerprint density at radius 3 is 2.67 bits per heavy atom. The van der Waals surface area contributed by atoms with Crippen LogP contribution in [0.5, 0.6) is 5.75 Å². The highest BCUT2D eigenvalue weighted by Crippen LogP contribution is 2.39. The fourth-order valence-corrected chi connectivity index (χ4v) is 2.78. The van der Waals surface area contributed by atoms with Gasteiger partial charge >= 0.3 is 0 Å². The molecule has 2 aromatic rings. The smallest absolute Gasteiger partial charge is 0.169 e. The van der Waals surface area contributed by atoms with E-state index in [-0.39, 0.29) is 0 Å². The summed E-state index contributed by atoms with van der Waals surface area (Å²) in [5, 5.41) is 0. The van der Waals surface area contributed by atoms with E-state index in [4.69, 9.17) is 9.73 Å². The van der Waals surface area contributed by atoms with Gasteiger partial charge in [0.1, 0.15) is 6.26 Å². The lowest BCUT2D eigenvalue weighted by Gasteiger charge is -2.26. The molecule has 0 aromatic heterocycles. The van der Waals surface area contributed by atoms with Gasteiger partial charge in [0.05, 0.1) is 17.9 Å². The second-order valence-corrected chi connectivity index (χ2v) is 5.53. The molecule has 0 fully saturated rings. The van der Waals surface area contributed by atoms with E-state index < -0.39 is 0 Å². The molecule has 0 amide bonds. The molecule has 2 aliphatic heterocycles. The molecule has 0 atom stereocenters. The summed E-state index contributed by atoms with van der Waals surface area (Å²) in [6, 6.07) is 14.7. The molecule has 2 aliphatic rings. The minimum Gasteiger partial charge on any atom is -0.459 e. The van der Waals surface area contributed by atoms with E-state index >= 15 is 0 Å². The number of hydrogen-bond acceptors (Lipinski definition) is 3. The molecule has 0 aliphatic carbocycles. The van der Waals surface area contributed by atoms with Crippen molar-refractivity contribution >= 4 is 11.4 Å². The van der Waals surface area contributed by atoms with Gasteiger partial charge < -0.3 is 9.64 Å². The predicted octanol–water partition coefficient (Wildman–Crippen LogP) is 3.80. The van der Waals surface area contributed by atoms with Crippen molar-refractivity contribution in [3.63, 3.8) is 0 Å². The number of aliphatic imine (C=N–C) groups is 1. The Kier molecular flexibility index (Phi) is 2.61. The van der Waals surface area contributed by atoms with Crippen molar-refractivity contribution in [3.05, 3.63) is 71.2 Å². The number of anilines is 1. The highest BCUT2D eigenvalue weighted by Gasteiger charge is 2.28. The maximum atomic E-state index is 5.76.